The number of carbonyl (C=O) groups is 1. The standard InChI is InChI=1S/C12H22O4/c1-7(2)11-9(4)10(14)6-12(15,16-11)5-8(3)13/h7,9-11,14-15H,5-6H2,1-4H3/t9-,10+,11+,12-/m0/s1. The quantitative estimate of drug-likeness (QED) is 0.761. The van der Waals surface area contributed by atoms with Crippen molar-refractivity contribution in [3.05, 3.63) is 0 Å². The largest absolute Gasteiger partial charge is 0.393 e. The Bertz CT molecular complexity index is 264. The highest BCUT2D eigenvalue weighted by Crippen LogP contribution is 2.36. The molecule has 16 heavy (non-hydrogen) atoms. The molecule has 0 radical (unpaired) electrons. The molecule has 2 N–H and O–H groups in total. The first-order valence-corrected chi connectivity index (χ1v) is 5.83. The highest BCUT2D eigenvalue weighted by molar-refractivity contribution is 5.76. The van der Waals surface area contributed by atoms with Crippen LogP contribution in [0.4, 0.5) is 0 Å². The van der Waals surface area contributed by atoms with Crippen molar-refractivity contribution in [3.63, 3.8) is 0 Å². The van der Waals surface area contributed by atoms with E-state index in [2.05, 4.69) is 0 Å². The van der Waals surface area contributed by atoms with Gasteiger partial charge in [-0.3, -0.25) is 4.79 Å². The molecule has 1 fully saturated rings. The molecule has 0 bridgehead atoms. The zero-order chi connectivity index (χ0) is 12.5. The van der Waals surface area contributed by atoms with Crippen LogP contribution in [0.15, 0.2) is 0 Å². The smallest absolute Gasteiger partial charge is 0.175 e. The summed E-state index contributed by atoms with van der Waals surface area (Å²) in [7, 11) is 0. The SMILES string of the molecule is CC(=O)C[C@@]1(O)C[C@@H](O)[C@H](C)[C@@H](C(C)C)O1. The number of ether oxygens (including phenoxy) is 1. The normalized spacial score (nSPS) is 40.1. The third kappa shape index (κ3) is 3.03. The molecule has 1 saturated heterocycles. The second kappa shape index (κ2) is 4.82. The molecule has 0 saturated carbocycles. The van der Waals surface area contributed by atoms with E-state index in [9.17, 15) is 15.0 Å². The van der Waals surface area contributed by atoms with Crippen molar-refractivity contribution in [2.24, 2.45) is 11.8 Å². The van der Waals surface area contributed by atoms with E-state index >= 15 is 0 Å². The number of aliphatic hydroxyl groups is 2. The monoisotopic (exact) mass is 230 g/mol. The van der Waals surface area contributed by atoms with Crippen LogP contribution in [0.1, 0.15) is 40.5 Å². The first-order valence-electron chi connectivity index (χ1n) is 5.83. The summed E-state index contributed by atoms with van der Waals surface area (Å²) >= 11 is 0. The Labute approximate surface area is 96.6 Å². The number of hydrogen-bond donors (Lipinski definition) is 2. The summed E-state index contributed by atoms with van der Waals surface area (Å²) in [6.45, 7) is 7.28. The fourth-order valence-corrected chi connectivity index (χ4v) is 2.39. The minimum atomic E-state index is -1.49. The molecule has 0 unspecified atom stereocenters. The topological polar surface area (TPSA) is 66.8 Å². The number of aliphatic hydroxyl groups excluding tert-OH is 1. The first kappa shape index (κ1) is 13.6. The van der Waals surface area contributed by atoms with Gasteiger partial charge in [-0.2, -0.15) is 0 Å². The Morgan fingerprint density at radius 2 is 2.12 bits per heavy atom. The van der Waals surface area contributed by atoms with Gasteiger partial charge in [-0.05, 0) is 12.8 Å². The maximum absolute atomic E-state index is 11.1. The van der Waals surface area contributed by atoms with Crippen molar-refractivity contribution < 1.29 is 19.7 Å². The lowest BCUT2D eigenvalue weighted by atomic mass is 9.82. The van der Waals surface area contributed by atoms with Crippen molar-refractivity contribution >= 4 is 5.78 Å². The molecular formula is C12H22O4. The minimum absolute atomic E-state index is 0.0211. The molecule has 0 amide bonds. The Morgan fingerprint density at radius 3 is 2.56 bits per heavy atom. The van der Waals surface area contributed by atoms with Gasteiger partial charge in [0.25, 0.3) is 0 Å². The fraction of sp³-hybridized carbons (Fsp3) is 0.917. The lowest BCUT2D eigenvalue weighted by Gasteiger charge is -2.44. The van der Waals surface area contributed by atoms with Crippen LogP contribution in [0.2, 0.25) is 0 Å². The lowest BCUT2D eigenvalue weighted by molar-refractivity contribution is -0.294. The van der Waals surface area contributed by atoms with E-state index in [1.807, 2.05) is 20.8 Å². The van der Waals surface area contributed by atoms with E-state index in [4.69, 9.17) is 4.74 Å². The van der Waals surface area contributed by atoms with Gasteiger partial charge >= 0.3 is 0 Å². The Morgan fingerprint density at radius 1 is 1.56 bits per heavy atom. The molecule has 1 aliphatic heterocycles. The van der Waals surface area contributed by atoms with Crippen LogP contribution < -0.4 is 0 Å². The number of carbonyl (C=O) groups excluding carboxylic acids is 1. The fourth-order valence-electron chi connectivity index (χ4n) is 2.39. The predicted octanol–water partition coefficient (Wildman–Crippen LogP) is 1.10. The molecule has 0 aliphatic carbocycles. The van der Waals surface area contributed by atoms with Crippen LogP contribution in [0.25, 0.3) is 0 Å². The van der Waals surface area contributed by atoms with E-state index in [0.717, 1.165) is 0 Å². The van der Waals surface area contributed by atoms with E-state index in [1.165, 1.54) is 6.92 Å². The second-order valence-corrected chi connectivity index (χ2v) is 5.28. The third-order valence-corrected chi connectivity index (χ3v) is 3.19. The van der Waals surface area contributed by atoms with Crippen molar-refractivity contribution in [2.45, 2.75) is 58.5 Å². The third-order valence-electron chi connectivity index (χ3n) is 3.19. The minimum Gasteiger partial charge on any atom is -0.393 e. The van der Waals surface area contributed by atoms with E-state index in [1.54, 1.807) is 0 Å². The van der Waals surface area contributed by atoms with Gasteiger partial charge in [-0.15, -0.1) is 0 Å². The van der Waals surface area contributed by atoms with E-state index in [0.29, 0.717) is 0 Å². The molecule has 1 heterocycles. The highest BCUT2D eigenvalue weighted by atomic mass is 16.6. The molecule has 1 aliphatic rings. The van der Waals surface area contributed by atoms with Crippen LogP contribution in [-0.4, -0.2) is 34.0 Å². The maximum Gasteiger partial charge on any atom is 0.175 e. The van der Waals surface area contributed by atoms with Gasteiger partial charge in [0, 0.05) is 12.3 Å². The zero-order valence-electron chi connectivity index (χ0n) is 10.4. The van der Waals surface area contributed by atoms with Crippen LogP contribution in [0, 0.1) is 11.8 Å². The molecule has 0 aromatic carbocycles. The Balaban J connectivity index is 2.80. The molecule has 4 nitrogen and oxygen atoms in total. The maximum atomic E-state index is 11.1. The van der Waals surface area contributed by atoms with Gasteiger partial charge in [0.2, 0.25) is 0 Å². The summed E-state index contributed by atoms with van der Waals surface area (Å²) in [6.07, 6.45) is -0.782. The molecule has 4 heteroatoms. The summed E-state index contributed by atoms with van der Waals surface area (Å²) in [5.41, 5.74) is 0. The van der Waals surface area contributed by atoms with Crippen molar-refractivity contribution in [3.8, 4) is 0 Å². The Kier molecular flexibility index (Phi) is 4.10. The van der Waals surface area contributed by atoms with Crippen LogP contribution >= 0.6 is 0 Å². The van der Waals surface area contributed by atoms with Crippen molar-refractivity contribution in [1.29, 1.82) is 0 Å². The molecule has 0 spiro atoms. The number of rotatable bonds is 3. The average Bonchev–Trinajstić information content (AvgIpc) is 2.09. The zero-order valence-corrected chi connectivity index (χ0v) is 10.4. The van der Waals surface area contributed by atoms with Crippen molar-refractivity contribution in [2.75, 3.05) is 0 Å². The Hall–Kier alpha value is -0.450. The summed E-state index contributed by atoms with van der Waals surface area (Å²) in [4.78, 5) is 11.1. The second-order valence-electron chi connectivity index (χ2n) is 5.28. The highest BCUT2D eigenvalue weighted by Gasteiger charge is 2.45. The van der Waals surface area contributed by atoms with Gasteiger partial charge in [0.05, 0.1) is 18.6 Å². The van der Waals surface area contributed by atoms with Crippen molar-refractivity contribution in [1.82, 2.24) is 0 Å². The van der Waals surface area contributed by atoms with Gasteiger partial charge in [-0.1, -0.05) is 20.8 Å². The number of Topliss-reactive ketones (excluding diaryl/α,β-unsaturated/α-hetero) is 1. The van der Waals surface area contributed by atoms with Gasteiger partial charge < -0.3 is 14.9 Å². The van der Waals surface area contributed by atoms with E-state index in [-0.39, 0.29) is 36.6 Å². The molecule has 94 valence electrons. The molecule has 0 aromatic rings. The molecule has 4 atom stereocenters. The number of hydrogen-bond acceptors (Lipinski definition) is 4. The summed E-state index contributed by atoms with van der Waals surface area (Å²) in [6, 6.07) is 0. The molecule has 0 aromatic heterocycles. The van der Waals surface area contributed by atoms with Crippen LogP contribution in [-0.2, 0) is 9.53 Å². The van der Waals surface area contributed by atoms with Gasteiger partial charge in [0.15, 0.2) is 5.79 Å². The summed E-state index contributed by atoms with van der Waals surface area (Å²) in [5, 5.41) is 20.0. The van der Waals surface area contributed by atoms with Crippen LogP contribution in [0.3, 0.4) is 0 Å². The first-order chi connectivity index (χ1) is 7.25. The number of ketones is 1. The van der Waals surface area contributed by atoms with Crippen LogP contribution in [0.5, 0.6) is 0 Å². The molecule has 1 rings (SSSR count). The predicted molar refractivity (Wildman–Crippen MR) is 59.7 cm³/mol. The average molecular weight is 230 g/mol. The molecular weight excluding hydrogens is 208 g/mol. The summed E-state index contributed by atoms with van der Waals surface area (Å²) in [5.74, 6) is -1.45. The van der Waals surface area contributed by atoms with Gasteiger partial charge in [0.1, 0.15) is 5.78 Å². The summed E-state index contributed by atoms with van der Waals surface area (Å²) < 4.78 is 5.60. The van der Waals surface area contributed by atoms with E-state index < -0.39 is 11.9 Å². The van der Waals surface area contributed by atoms with Gasteiger partial charge in [-0.25, -0.2) is 0 Å². The lowest BCUT2D eigenvalue weighted by Crippen LogP contribution is -2.53.